The molecular formula is C15H16ClN3O2. The van der Waals surface area contributed by atoms with Crippen LogP contribution in [-0.2, 0) is 7.05 Å². The van der Waals surface area contributed by atoms with Crippen molar-refractivity contribution in [2.24, 2.45) is 7.05 Å². The number of carbonyl (C=O) groups excluding carboxylic acids is 1. The Hall–Kier alpha value is -2.14. The lowest BCUT2D eigenvalue weighted by Crippen LogP contribution is -2.31. The lowest BCUT2D eigenvalue weighted by Gasteiger charge is -2.17. The van der Waals surface area contributed by atoms with E-state index in [-0.39, 0.29) is 23.2 Å². The predicted molar refractivity (Wildman–Crippen MR) is 81.4 cm³/mol. The Bertz CT molecular complexity index is 695. The van der Waals surface area contributed by atoms with Gasteiger partial charge in [-0.05, 0) is 30.2 Å². The molecule has 6 heteroatoms. The van der Waals surface area contributed by atoms with Crippen molar-refractivity contribution in [3.8, 4) is 0 Å². The quantitative estimate of drug-likeness (QED) is 0.943. The number of carbonyl (C=O) groups is 1. The highest BCUT2D eigenvalue weighted by atomic mass is 35.5. The molecule has 1 unspecified atom stereocenters. The average molecular weight is 306 g/mol. The SMILES string of the molecule is CCC(NC(=O)c1ccc(=O)n(C)n1)c1ccc(Cl)cc1. The number of aryl methyl sites for hydroxylation is 1. The van der Waals surface area contributed by atoms with Crippen LogP contribution >= 0.6 is 11.6 Å². The average Bonchev–Trinajstić information content (AvgIpc) is 2.48. The van der Waals surface area contributed by atoms with Gasteiger partial charge in [0, 0.05) is 18.1 Å². The van der Waals surface area contributed by atoms with Crippen molar-refractivity contribution in [3.05, 3.63) is 63.0 Å². The van der Waals surface area contributed by atoms with E-state index in [2.05, 4.69) is 10.4 Å². The van der Waals surface area contributed by atoms with Gasteiger partial charge in [0.15, 0.2) is 0 Å². The summed E-state index contributed by atoms with van der Waals surface area (Å²) in [5, 5.41) is 7.50. The van der Waals surface area contributed by atoms with Gasteiger partial charge in [0.1, 0.15) is 5.69 Å². The van der Waals surface area contributed by atoms with Gasteiger partial charge in [0.25, 0.3) is 11.5 Å². The Kier molecular flexibility index (Phi) is 4.75. The van der Waals surface area contributed by atoms with Gasteiger partial charge < -0.3 is 5.32 Å². The topological polar surface area (TPSA) is 64.0 Å². The molecule has 1 aromatic carbocycles. The normalized spacial score (nSPS) is 12.0. The number of hydrogen-bond acceptors (Lipinski definition) is 3. The van der Waals surface area contributed by atoms with E-state index < -0.39 is 0 Å². The second kappa shape index (κ2) is 6.54. The molecule has 1 N–H and O–H groups in total. The van der Waals surface area contributed by atoms with Crippen LogP contribution in [0.2, 0.25) is 5.02 Å². The molecule has 0 radical (unpaired) electrons. The van der Waals surface area contributed by atoms with Crippen LogP contribution in [-0.4, -0.2) is 15.7 Å². The van der Waals surface area contributed by atoms with Crippen LogP contribution in [0.15, 0.2) is 41.2 Å². The summed E-state index contributed by atoms with van der Waals surface area (Å²) in [5.74, 6) is -0.313. The van der Waals surface area contributed by atoms with Gasteiger partial charge in [0.2, 0.25) is 0 Å². The Balaban J connectivity index is 2.17. The number of benzene rings is 1. The van der Waals surface area contributed by atoms with Gasteiger partial charge in [-0.25, -0.2) is 4.68 Å². The van der Waals surface area contributed by atoms with Crippen LogP contribution in [0.3, 0.4) is 0 Å². The summed E-state index contributed by atoms with van der Waals surface area (Å²) in [6.07, 6.45) is 0.735. The number of rotatable bonds is 4. The molecule has 2 aromatic rings. The molecule has 1 amide bonds. The fourth-order valence-corrected chi connectivity index (χ4v) is 2.10. The molecule has 1 heterocycles. The number of aromatic nitrogens is 2. The molecule has 0 aliphatic carbocycles. The Labute approximate surface area is 127 Å². The van der Waals surface area contributed by atoms with Crippen LogP contribution in [0.1, 0.15) is 35.4 Å². The number of halogens is 1. The van der Waals surface area contributed by atoms with Crippen molar-refractivity contribution in [3.63, 3.8) is 0 Å². The zero-order valence-corrected chi connectivity index (χ0v) is 12.6. The van der Waals surface area contributed by atoms with Crippen molar-refractivity contribution < 1.29 is 4.79 Å². The highest BCUT2D eigenvalue weighted by Crippen LogP contribution is 2.19. The summed E-state index contributed by atoms with van der Waals surface area (Å²) >= 11 is 5.86. The summed E-state index contributed by atoms with van der Waals surface area (Å²) in [5.41, 5.74) is 0.931. The highest BCUT2D eigenvalue weighted by molar-refractivity contribution is 6.30. The first-order chi connectivity index (χ1) is 10.0. The minimum absolute atomic E-state index is 0.131. The third-order valence-corrected chi connectivity index (χ3v) is 3.43. The first-order valence-electron chi connectivity index (χ1n) is 6.62. The molecule has 5 nitrogen and oxygen atoms in total. The monoisotopic (exact) mass is 305 g/mol. The molecule has 0 fully saturated rings. The lowest BCUT2D eigenvalue weighted by atomic mass is 10.0. The molecule has 0 aliphatic rings. The van der Waals surface area contributed by atoms with Crippen molar-refractivity contribution >= 4 is 17.5 Å². The van der Waals surface area contributed by atoms with Crippen LogP contribution in [0.4, 0.5) is 0 Å². The van der Waals surface area contributed by atoms with E-state index in [0.29, 0.717) is 5.02 Å². The van der Waals surface area contributed by atoms with E-state index in [1.54, 1.807) is 12.1 Å². The number of nitrogens with zero attached hydrogens (tertiary/aromatic N) is 2. The van der Waals surface area contributed by atoms with E-state index in [1.807, 2.05) is 19.1 Å². The second-order valence-corrected chi connectivity index (χ2v) is 5.10. The molecule has 0 saturated heterocycles. The summed E-state index contributed by atoms with van der Waals surface area (Å²) in [6.45, 7) is 1.98. The van der Waals surface area contributed by atoms with E-state index in [9.17, 15) is 9.59 Å². The molecule has 1 atom stereocenters. The summed E-state index contributed by atoms with van der Waals surface area (Å²) < 4.78 is 1.14. The summed E-state index contributed by atoms with van der Waals surface area (Å²) in [7, 11) is 1.51. The van der Waals surface area contributed by atoms with Crippen molar-refractivity contribution in [2.45, 2.75) is 19.4 Å². The smallest absolute Gasteiger partial charge is 0.272 e. The zero-order valence-electron chi connectivity index (χ0n) is 11.8. The Morgan fingerprint density at radius 3 is 2.52 bits per heavy atom. The maximum Gasteiger partial charge on any atom is 0.272 e. The first kappa shape index (κ1) is 15.3. The molecule has 0 saturated carbocycles. The predicted octanol–water partition coefficient (Wildman–Crippen LogP) is 2.31. The van der Waals surface area contributed by atoms with E-state index >= 15 is 0 Å². The van der Waals surface area contributed by atoms with Crippen LogP contribution in [0.25, 0.3) is 0 Å². The minimum atomic E-state index is -0.313. The molecular weight excluding hydrogens is 290 g/mol. The van der Waals surface area contributed by atoms with Gasteiger partial charge in [0.05, 0.1) is 6.04 Å². The van der Waals surface area contributed by atoms with Crippen molar-refractivity contribution in [1.82, 2.24) is 15.1 Å². The Morgan fingerprint density at radius 2 is 1.95 bits per heavy atom. The molecule has 1 aromatic heterocycles. The van der Waals surface area contributed by atoms with Crippen molar-refractivity contribution in [1.29, 1.82) is 0 Å². The number of hydrogen-bond donors (Lipinski definition) is 1. The fourth-order valence-electron chi connectivity index (χ4n) is 1.97. The Morgan fingerprint density at radius 1 is 1.29 bits per heavy atom. The zero-order chi connectivity index (χ0) is 15.4. The largest absolute Gasteiger partial charge is 0.344 e. The molecule has 110 valence electrons. The maximum atomic E-state index is 12.2. The molecule has 21 heavy (non-hydrogen) atoms. The second-order valence-electron chi connectivity index (χ2n) is 4.67. The maximum absolute atomic E-state index is 12.2. The number of amides is 1. The van der Waals surface area contributed by atoms with Gasteiger partial charge in [-0.1, -0.05) is 30.7 Å². The van der Waals surface area contributed by atoms with E-state index in [0.717, 1.165) is 16.7 Å². The van der Waals surface area contributed by atoms with E-state index in [1.165, 1.54) is 19.2 Å². The first-order valence-corrected chi connectivity index (χ1v) is 6.99. The van der Waals surface area contributed by atoms with Gasteiger partial charge in [-0.3, -0.25) is 9.59 Å². The summed E-state index contributed by atoms with van der Waals surface area (Å²) in [6, 6.07) is 9.95. The third-order valence-electron chi connectivity index (χ3n) is 3.18. The summed E-state index contributed by atoms with van der Waals surface area (Å²) in [4.78, 5) is 23.5. The standard InChI is InChI=1S/C15H16ClN3O2/c1-3-12(10-4-6-11(16)7-5-10)17-15(21)13-8-9-14(20)19(2)18-13/h4-9,12H,3H2,1-2H3,(H,17,21). The van der Waals surface area contributed by atoms with Crippen LogP contribution in [0.5, 0.6) is 0 Å². The fraction of sp³-hybridized carbons (Fsp3) is 0.267. The van der Waals surface area contributed by atoms with Gasteiger partial charge >= 0.3 is 0 Å². The minimum Gasteiger partial charge on any atom is -0.344 e. The molecule has 0 spiro atoms. The highest BCUT2D eigenvalue weighted by Gasteiger charge is 2.15. The van der Waals surface area contributed by atoms with Crippen LogP contribution in [0, 0.1) is 0 Å². The van der Waals surface area contributed by atoms with Gasteiger partial charge in [-0.15, -0.1) is 0 Å². The third kappa shape index (κ3) is 3.70. The molecule has 0 bridgehead atoms. The van der Waals surface area contributed by atoms with Crippen LogP contribution < -0.4 is 10.9 Å². The van der Waals surface area contributed by atoms with Crippen molar-refractivity contribution in [2.75, 3.05) is 0 Å². The molecule has 2 rings (SSSR count). The van der Waals surface area contributed by atoms with Gasteiger partial charge in [-0.2, -0.15) is 5.10 Å². The van der Waals surface area contributed by atoms with E-state index in [4.69, 9.17) is 11.6 Å². The lowest BCUT2D eigenvalue weighted by molar-refractivity contribution is 0.0928. The number of nitrogens with one attached hydrogen (secondary N) is 1. The molecule has 0 aliphatic heterocycles.